The molecule has 2 aliphatic rings. The number of hydrogen-bond acceptors (Lipinski definition) is 4. The summed E-state index contributed by atoms with van der Waals surface area (Å²) in [6.45, 7) is 4.03. The summed E-state index contributed by atoms with van der Waals surface area (Å²) < 4.78 is 13.2. The average Bonchev–Trinajstić information content (AvgIpc) is 3.46. The highest BCUT2D eigenvalue weighted by molar-refractivity contribution is 5.78. The summed E-state index contributed by atoms with van der Waals surface area (Å²) in [5, 5.41) is 0. The number of imidazole rings is 1. The summed E-state index contributed by atoms with van der Waals surface area (Å²) >= 11 is 0. The maximum atomic E-state index is 13.0. The Kier molecular flexibility index (Phi) is 4.19. The molecule has 1 fully saturated rings. The van der Waals surface area contributed by atoms with Gasteiger partial charge in [0.2, 0.25) is 12.7 Å². The van der Waals surface area contributed by atoms with Crippen LogP contribution in [0.1, 0.15) is 42.1 Å². The van der Waals surface area contributed by atoms with Crippen LogP contribution in [0.15, 0.2) is 42.6 Å². The molecule has 6 heteroatoms. The number of likely N-dealkylation sites (tertiary alicyclic amines) is 1. The topological polar surface area (TPSA) is 56.1 Å². The molecule has 144 valence electrons. The fourth-order valence-corrected chi connectivity index (χ4v) is 4.27. The van der Waals surface area contributed by atoms with Gasteiger partial charge >= 0.3 is 0 Å². The van der Waals surface area contributed by atoms with Crippen LogP contribution in [0.4, 0.5) is 0 Å². The van der Waals surface area contributed by atoms with Gasteiger partial charge in [-0.2, -0.15) is 0 Å². The fourth-order valence-electron chi connectivity index (χ4n) is 4.27. The molecule has 0 spiro atoms. The average molecular weight is 377 g/mol. The normalized spacial score (nSPS) is 16.7. The van der Waals surface area contributed by atoms with Gasteiger partial charge in [-0.15, -0.1) is 0 Å². The summed E-state index contributed by atoms with van der Waals surface area (Å²) in [6, 6.07) is 12.0. The van der Waals surface area contributed by atoms with Crippen LogP contribution in [0, 0.1) is 6.92 Å². The number of nitrogens with zero attached hydrogens (tertiary/aromatic N) is 3. The first-order chi connectivity index (χ1) is 13.7. The van der Waals surface area contributed by atoms with E-state index in [2.05, 4.69) is 22.4 Å². The minimum Gasteiger partial charge on any atom is -0.454 e. The smallest absolute Gasteiger partial charge is 0.231 e. The van der Waals surface area contributed by atoms with E-state index in [4.69, 9.17) is 9.47 Å². The van der Waals surface area contributed by atoms with Crippen molar-refractivity contribution in [1.29, 1.82) is 0 Å². The molecule has 0 saturated carbocycles. The second-order valence-corrected chi connectivity index (χ2v) is 7.50. The van der Waals surface area contributed by atoms with E-state index in [1.165, 1.54) is 0 Å². The molecule has 1 amide bonds. The highest BCUT2D eigenvalue weighted by Gasteiger charge is 2.28. The van der Waals surface area contributed by atoms with Crippen LogP contribution >= 0.6 is 0 Å². The van der Waals surface area contributed by atoms with Crippen molar-refractivity contribution in [2.24, 2.45) is 0 Å². The van der Waals surface area contributed by atoms with Gasteiger partial charge in [0.05, 0.1) is 5.69 Å². The molecule has 6 nitrogen and oxygen atoms in total. The number of aryl methyl sites for hydroxylation is 1. The summed E-state index contributed by atoms with van der Waals surface area (Å²) in [5.41, 5.74) is 4.07. The largest absolute Gasteiger partial charge is 0.454 e. The summed E-state index contributed by atoms with van der Waals surface area (Å²) in [4.78, 5) is 19.6. The second-order valence-electron chi connectivity index (χ2n) is 7.50. The van der Waals surface area contributed by atoms with Gasteiger partial charge in [-0.1, -0.05) is 12.1 Å². The summed E-state index contributed by atoms with van der Waals surface area (Å²) in [7, 11) is 0. The molecule has 0 radical (unpaired) electrons. The molecule has 2 aliphatic heterocycles. The highest BCUT2D eigenvalue weighted by atomic mass is 16.7. The molecule has 0 bridgehead atoms. The van der Waals surface area contributed by atoms with E-state index >= 15 is 0 Å². The molecule has 1 unspecified atom stereocenters. The lowest BCUT2D eigenvalue weighted by Gasteiger charge is -2.22. The van der Waals surface area contributed by atoms with Crippen LogP contribution in [0.25, 0.3) is 5.65 Å². The van der Waals surface area contributed by atoms with Crippen molar-refractivity contribution in [3.63, 3.8) is 0 Å². The van der Waals surface area contributed by atoms with E-state index in [0.29, 0.717) is 6.42 Å². The Balaban J connectivity index is 1.58. The molecule has 0 N–H and O–H groups in total. The zero-order valence-electron chi connectivity index (χ0n) is 15.9. The number of fused-ring (bicyclic) bond motifs is 2. The molecule has 0 aliphatic carbocycles. The van der Waals surface area contributed by atoms with Crippen LogP contribution in [0.5, 0.6) is 11.5 Å². The molecule has 1 atom stereocenters. The maximum Gasteiger partial charge on any atom is 0.231 e. The van der Waals surface area contributed by atoms with Crippen molar-refractivity contribution in [2.75, 3.05) is 19.9 Å². The Morgan fingerprint density at radius 1 is 1.14 bits per heavy atom. The first kappa shape index (κ1) is 17.1. The Labute approximate surface area is 163 Å². The monoisotopic (exact) mass is 377 g/mol. The van der Waals surface area contributed by atoms with Gasteiger partial charge in [0.15, 0.2) is 11.5 Å². The number of carbonyl (C=O) groups excluding carboxylic acids is 1. The third-order valence-corrected chi connectivity index (χ3v) is 5.75. The molecule has 2 aromatic heterocycles. The minimum absolute atomic E-state index is 0.0984. The van der Waals surface area contributed by atoms with Crippen LogP contribution < -0.4 is 9.47 Å². The van der Waals surface area contributed by atoms with Crippen LogP contribution in [0.3, 0.4) is 0 Å². The predicted molar refractivity (Wildman–Crippen MR) is 105 cm³/mol. The van der Waals surface area contributed by atoms with E-state index < -0.39 is 0 Å². The van der Waals surface area contributed by atoms with Crippen LogP contribution in [-0.2, 0) is 4.79 Å². The molecular formula is C22H23N3O3. The van der Waals surface area contributed by atoms with Gasteiger partial charge in [-0.3, -0.25) is 4.79 Å². The number of amides is 1. The quantitative estimate of drug-likeness (QED) is 0.698. The van der Waals surface area contributed by atoms with Gasteiger partial charge in [-0.05, 0) is 49.6 Å². The number of ether oxygens (including phenoxy) is 2. The number of hydrogen-bond donors (Lipinski definition) is 0. The van der Waals surface area contributed by atoms with Crippen molar-refractivity contribution in [3.8, 4) is 11.5 Å². The van der Waals surface area contributed by atoms with Crippen LogP contribution in [-0.4, -0.2) is 40.1 Å². The maximum absolute atomic E-state index is 13.0. The lowest BCUT2D eigenvalue weighted by molar-refractivity contribution is -0.130. The number of carbonyl (C=O) groups is 1. The van der Waals surface area contributed by atoms with E-state index in [1.54, 1.807) is 0 Å². The second kappa shape index (κ2) is 6.86. The Hall–Kier alpha value is -3.02. The van der Waals surface area contributed by atoms with Crippen molar-refractivity contribution in [2.45, 2.75) is 32.1 Å². The van der Waals surface area contributed by atoms with Crippen molar-refractivity contribution >= 4 is 11.6 Å². The number of pyridine rings is 1. The predicted octanol–water partition coefficient (Wildman–Crippen LogP) is 3.52. The Morgan fingerprint density at radius 2 is 1.96 bits per heavy atom. The SMILES string of the molecule is Cc1cccc2ncc(C(CC(=O)N3CCCC3)c3ccc4c(c3)OCO4)n12. The van der Waals surface area contributed by atoms with E-state index in [0.717, 1.165) is 60.0 Å². The Morgan fingerprint density at radius 3 is 2.82 bits per heavy atom. The third-order valence-electron chi connectivity index (χ3n) is 5.75. The van der Waals surface area contributed by atoms with Gasteiger partial charge in [0.1, 0.15) is 5.65 Å². The lowest BCUT2D eigenvalue weighted by atomic mass is 9.91. The minimum atomic E-state index is -0.0984. The lowest BCUT2D eigenvalue weighted by Crippen LogP contribution is -2.29. The molecule has 28 heavy (non-hydrogen) atoms. The Bertz CT molecular complexity index is 1040. The molecule has 1 aromatic carbocycles. The molecule has 4 heterocycles. The molecule has 1 saturated heterocycles. The van der Waals surface area contributed by atoms with E-state index in [1.807, 2.05) is 41.4 Å². The van der Waals surface area contributed by atoms with Gasteiger partial charge in [0, 0.05) is 37.3 Å². The summed E-state index contributed by atoms with van der Waals surface area (Å²) in [5.74, 6) is 1.59. The van der Waals surface area contributed by atoms with E-state index in [9.17, 15) is 4.79 Å². The fraction of sp³-hybridized carbons (Fsp3) is 0.364. The molecule has 3 aromatic rings. The van der Waals surface area contributed by atoms with Gasteiger partial charge in [-0.25, -0.2) is 4.98 Å². The van der Waals surface area contributed by atoms with Crippen LogP contribution in [0.2, 0.25) is 0 Å². The van der Waals surface area contributed by atoms with Crippen molar-refractivity contribution in [1.82, 2.24) is 14.3 Å². The number of benzene rings is 1. The first-order valence-corrected chi connectivity index (χ1v) is 9.81. The molecular weight excluding hydrogens is 354 g/mol. The zero-order valence-corrected chi connectivity index (χ0v) is 15.9. The standard InChI is InChI=1S/C22H23N3O3/c1-15-5-4-6-21-23-13-18(25(15)21)17(12-22(26)24-9-2-3-10-24)16-7-8-19-20(11-16)28-14-27-19/h4-8,11,13,17H,2-3,9-10,12,14H2,1H3. The van der Waals surface area contributed by atoms with E-state index in [-0.39, 0.29) is 18.6 Å². The third kappa shape index (κ3) is 2.89. The first-order valence-electron chi connectivity index (χ1n) is 9.81. The summed E-state index contributed by atoms with van der Waals surface area (Å²) in [6.07, 6.45) is 4.50. The van der Waals surface area contributed by atoms with Gasteiger partial charge in [0.25, 0.3) is 0 Å². The van der Waals surface area contributed by atoms with Crippen molar-refractivity contribution < 1.29 is 14.3 Å². The number of aromatic nitrogens is 2. The number of rotatable bonds is 4. The van der Waals surface area contributed by atoms with Gasteiger partial charge < -0.3 is 18.8 Å². The highest BCUT2D eigenvalue weighted by Crippen LogP contribution is 2.38. The van der Waals surface area contributed by atoms with Crippen molar-refractivity contribution in [3.05, 3.63) is 59.5 Å². The zero-order chi connectivity index (χ0) is 19.1. The molecule has 5 rings (SSSR count).